The van der Waals surface area contributed by atoms with E-state index in [1.54, 1.807) is 6.07 Å². The van der Waals surface area contributed by atoms with Gasteiger partial charge in [-0.05, 0) is 32.0 Å². The van der Waals surface area contributed by atoms with Crippen LogP contribution in [0, 0.1) is 5.82 Å². The molecule has 1 fully saturated rings. The molecular formula is C13H17FN4. The Morgan fingerprint density at radius 1 is 1.39 bits per heavy atom. The summed E-state index contributed by atoms with van der Waals surface area (Å²) < 4.78 is 13.2. The molecule has 0 unspecified atom stereocenters. The molecule has 2 aromatic rings. The molecule has 2 heterocycles. The number of imidazole rings is 1. The number of nitrogens with zero attached hydrogens (tertiary/aromatic N) is 2. The first-order valence-electron chi connectivity index (χ1n) is 6.20. The molecule has 3 rings (SSSR count). The summed E-state index contributed by atoms with van der Waals surface area (Å²) in [7, 11) is 0. The highest BCUT2D eigenvalue weighted by molar-refractivity contribution is 5.77. The highest BCUT2D eigenvalue weighted by Crippen LogP contribution is 2.25. The number of H-pyrrole nitrogens is 1. The molecule has 0 amide bonds. The van der Waals surface area contributed by atoms with E-state index in [0.29, 0.717) is 0 Å². The van der Waals surface area contributed by atoms with Gasteiger partial charge in [0.25, 0.3) is 0 Å². The highest BCUT2D eigenvalue weighted by atomic mass is 19.1. The highest BCUT2D eigenvalue weighted by Gasteiger charge is 2.31. The normalized spacial score (nSPS) is 19.4. The van der Waals surface area contributed by atoms with Crippen LogP contribution < -0.4 is 10.2 Å². The maximum absolute atomic E-state index is 13.2. The van der Waals surface area contributed by atoms with E-state index in [2.05, 4.69) is 34.0 Å². The molecule has 4 nitrogen and oxygen atoms in total. The second-order valence-corrected chi connectivity index (χ2v) is 5.36. The fourth-order valence-electron chi connectivity index (χ4n) is 2.47. The number of benzene rings is 1. The lowest BCUT2D eigenvalue weighted by Crippen LogP contribution is -2.58. The molecule has 0 spiro atoms. The molecular weight excluding hydrogens is 231 g/mol. The minimum absolute atomic E-state index is 0.00463. The summed E-state index contributed by atoms with van der Waals surface area (Å²) in [5.74, 6) is 0.583. The van der Waals surface area contributed by atoms with Gasteiger partial charge in [0.2, 0.25) is 5.95 Å². The summed E-state index contributed by atoms with van der Waals surface area (Å²) in [6.45, 7) is 7.10. The molecule has 0 saturated carbocycles. The number of aromatic amines is 1. The summed E-state index contributed by atoms with van der Waals surface area (Å²) in [6.07, 6.45) is 0. The molecule has 1 aromatic carbocycles. The second kappa shape index (κ2) is 3.95. The maximum atomic E-state index is 13.2. The zero-order valence-corrected chi connectivity index (χ0v) is 10.6. The summed E-state index contributed by atoms with van der Waals surface area (Å²) in [4.78, 5) is 10.00. The van der Waals surface area contributed by atoms with Crippen molar-refractivity contribution in [2.75, 3.05) is 24.5 Å². The smallest absolute Gasteiger partial charge is 0.204 e. The molecule has 0 bridgehead atoms. The van der Waals surface area contributed by atoms with E-state index >= 15 is 0 Å². The molecule has 96 valence electrons. The molecule has 1 aliphatic rings. The molecule has 0 radical (unpaired) electrons. The topological polar surface area (TPSA) is 44.0 Å². The summed E-state index contributed by atoms with van der Waals surface area (Å²) in [5.41, 5.74) is 1.56. The third kappa shape index (κ3) is 1.84. The van der Waals surface area contributed by atoms with Gasteiger partial charge in [0.05, 0.1) is 11.0 Å². The first kappa shape index (κ1) is 11.5. The summed E-state index contributed by atoms with van der Waals surface area (Å²) >= 11 is 0. The van der Waals surface area contributed by atoms with Crippen molar-refractivity contribution >= 4 is 17.0 Å². The van der Waals surface area contributed by atoms with E-state index in [4.69, 9.17) is 0 Å². The first-order valence-corrected chi connectivity index (χ1v) is 6.20. The van der Waals surface area contributed by atoms with Crippen LogP contribution in [0.1, 0.15) is 13.8 Å². The Morgan fingerprint density at radius 3 is 3.00 bits per heavy atom. The molecule has 0 atom stereocenters. The van der Waals surface area contributed by atoms with E-state index < -0.39 is 0 Å². The van der Waals surface area contributed by atoms with Crippen LogP contribution in [0.15, 0.2) is 18.2 Å². The van der Waals surface area contributed by atoms with E-state index in [1.165, 1.54) is 12.1 Å². The zero-order valence-electron chi connectivity index (χ0n) is 10.6. The number of halogens is 1. The van der Waals surface area contributed by atoms with Crippen molar-refractivity contribution in [3.63, 3.8) is 0 Å². The van der Waals surface area contributed by atoms with Gasteiger partial charge in [-0.25, -0.2) is 9.37 Å². The Hall–Kier alpha value is -1.62. The Bertz CT molecular complexity index is 575. The largest absolute Gasteiger partial charge is 0.335 e. The average Bonchev–Trinajstić information content (AvgIpc) is 2.70. The van der Waals surface area contributed by atoms with Crippen LogP contribution in [-0.2, 0) is 0 Å². The maximum Gasteiger partial charge on any atom is 0.204 e. The van der Waals surface area contributed by atoms with Crippen LogP contribution in [-0.4, -0.2) is 35.1 Å². The van der Waals surface area contributed by atoms with Gasteiger partial charge in [0.15, 0.2) is 0 Å². The van der Waals surface area contributed by atoms with Crippen molar-refractivity contribution in [2.24, 2.45) is 0 Å². The quantitative estimate of drug-likeness (QED) is 0.810. The van der Waals surface area contributed by atoms with Crippen molar-refractivity contribution < 1.29 is 4.39 Å². The van der Waals surface area contributed by atoms with Crippen molar-refractivity contribution in [1.29, 1.82) is 0 Å². The monoisotopic (exact) mass is 248 g/mol. The predicted octanol–water partition coefficient (Wildman–Crippen LogP) is 1.89. The number of hydrogen-bond acceptors (Lipinski definition) is 3. The van der Waals surface area contributed by atoms with Crippen molar-refractivity contribution in [2.45, 2.75) is 19.4 Å². The minimum Gasteiger partial charge on any atom is -0.335 e. The van der Waals surface area contributed by atoms with Crippen LogP contribution in [0.3, 0.4) is 0 Å². The average molecular weight is 248 g/mol. The van der Waals surface area contributed by atoms with Gasteiger partial charge in [-0.1, -0.05) is 0 Å². The molecule has 1 aromatic heterocycles. The Kier molecular flexibility index (Phi) is 2.52. The van der Waals surface area contributed by atoms with Gasteiger partial charge in [-0.15, -0.1) is 0 Å². The van der Waals surface area contributed by atoms with Gasteiger partial charge in [-0.2, -0.15) is 0 Å². The lowest BCUT2D eigenvalue weighted by molar-refractivity contribution is 0.376. The SMILES string of the molecule is CC1(C)CNCCN1c1nc2ccc(F)cc2[nH]1. The van der Waals surface area contributed by atoms with E-state index in [1.807, 2.05) is 0 Å². The van der Waals surface area contributed by atoms with Gasteiger partial charge < -0.3 is 15.2 Å². The number of fused-ring (bicyclic) bond motifs is 1. The fraction of sp³-hybridized carbons (Fsp3) is 0.462. The lowest BCUT2D eigenvalue weighted by Gasteiger charge is -2.42. The van der Waals surface area contributed by atoms with E-state index in [9.17, 15) is 4.39 Å². The standard InChI is InChI=1S/C13H17FN4/c1-13(2)8-15-5-6-18(13)12-16-10-4-3-9(14)7-11(10)17-12/h3-4,7,15H,5-6,8H2,1-2H3,(H,16,17). The van der Waals surface area contributed by atoms with Gasteiger partial charge in [0.1, 0.15) is 5.82 Å². The summed E-state index contributed by atoms with van der Waals surface area (Å²) in [6, 6.07) is 4.64. The number of anilines is 1. The second-order valence-electron chi connectivity index (χ2n) is 5.36. The molecule has 18 heavy (non-hydrogen) atoms. The van der Waals surface area contributed by atoms with Gasteiger partial charge in [-0.3, -0.25) is 0 Å². The van der Waals surface area contributed by atoms with Crippen LogP contribution >= 0.6 is 0 Å². The number of aromatic nitrogens is 2. The summed E-state index contributed by atoms with van der Waals surface area (Å²) in [5, 5.41) is 3.37. The van der Waals surface area contributed by atoms with E-state index in [0.717, 1.165) is 36.6 Å². The number of hydrogen-bond donors (Lipinski definition) is 2. The predicted molar refractivity (Wildman–Crippen MR) is 70.3 cm³/mol. The number of rotatable bonds is 1. The zero-order chi connectivity index (χ0) is 12.8. The van der Waals surface area contributed by atoms with Gasteiger partial charge in [0, 0.05) is 25.2 Å². The molecule has 2 N–H and O–H groups in total. The van der Waals surface area contributed by atoms with Crippen molar-refractivity contribution in [1.82, 2.24) is 15.3 Å². The first-order chi connectivity index (χ1) is 8.56. The molecule has 1 saturated heterocycles. The van der Waals surface area contributed by atoms with Gasteiger partial charge >= 0.3 is 0 Å². The fourth-order valence-corrected chi connectivity index (χ4v) is 2.47. The number of nitrogens with one attached hydrogen (secondary N) is 2. The Morgan fingerprint density at radius 2 is 2.22 bits per heavy atom. The molecule has 1 aliphatic heterocycles. The van der Waals surface area contributed by atoms with Crippen LogP contribution in [0.2, 0.25) is 0 Å². The molecule has 0 aliphatic carbocycles. The third-order valence-electron chi connectivity index (χ3n) is 3.49. The molecule has 5 heteroatoms. The van der Waals surface area contributed by atoms with Crippen LogP contribution in [0.4, 0.5) is 10.3 Å². The van der Waals surface area contributed by atoms with E-state index in [-0.39, 0.29) is 11.4 Å². The Balaban J connectivity index is 2.03. The van der Waals surface area contributed by atoms with Crippen molar-refractivity contribution in [3.8, 4) is 0 Å². The number of piperazine rings is 1. The van der Waals surface area contributed by atoms with Crippen LogP contribution in [0.25, 0.3) is 11.0 Å². The Labute approximate surface area is 105 Å². The van der Waals surface area contributed by atoms with Crippen LogP contribution in [0.5, 0.6) is 0 Å². The minimum atomic E-state index is -0.239. The lowest BCUT2D eigenvalue weighted by atomic mass is 10.0. The van der Waals surface area contributed by atoms with Crippen molar-refractivity contribution in [3.05, 3.63) is 24.0 Å². The third-order valence-corrected chi connectivity index (χ3v) is 3.49.